The van der Waals surface area contributed by atoms with E-state index in [0.29, 0.717) is 24.1 Å². The first-order valence-electron chi connectivity index (χ1n) is 4.79. The zero-order valence-electron chi connectivity index (χ0n) is 8.16. The van der Waals surface area contributed by atoms with E-state index >= 15 is 0 Å². The van der Waals surface area contributed by atoms with Gasteiger partial charge >= 0.3 is 0 Å². The highest BCUT2D eigenvalue weighted by Gasteiger charge is 2.38. The summed E-state index contributed by atoms with van der Waals surface area (Å²) in [5, 5.41) is 0. The smallest absolute Gasteiger partial charge is 0.126 e. The van der Waals surface area contributed by atoms with Crippen molar-refractivity contribution in [2.45, 2.75) is 12.3 Å². The molecule has 0 aliphatic heterocycles. The summed E-state index contributed by atoms with van der Waals surface area (Å²) in [6.45, 7) is 0.640. The number of rotatable bonds is 3. The van der Waals surface area contributed by atoms with Gasteiger partial charge in [0.15, 0.2) is 0 Å². The molecule has 0 saturated heterocycles. The average Bonchev–Trinajstić information content (AvgIpc) is 2.98. The minimum Gasteiger partial charge on any atom is -0.497 e. The zero-order valence-corrected chi connectivity index (χ0v) is 8.16. The molecule has 0 aromatic heterocycles. The summed E-state index contributed by atoms with van der Waals surface area (Å²) in [7, 11) is 1.59. The topological polar surface area (TPSA) is 35.2 Å². The summed E-state index contributed by atoms with van der Waals surface area (Å²) in [4.78, 5) is 0. The van der Waals surface area contributed by atoms with E-state index in [0.717, 1.165) is 12.0 Å². The summed E-state index contributed by atoms with van der Waals surface area (Å²) < 4.78 is 18.5. The Balaban J connectivity index is 2.24. The fourth-order valence-corrected chi connectivity index (χ4v) is 1.82. The number of ether oxygens (including phenoxy) is 1. The number of hydrogen-bond acceptors (Lipinski definition) is 2. The first kappa shape index (κ1) is 9.46. The molecule has 0 heterocycles. The van der Waals surface area contributed by atoms with Crippen LogP contribution in [0.4, 0.5) is 4.39 Å². The molecular weight excluding hydrogens is 181 g/mol. The molecule has 2 N–H and O–H groups in total. The van der Waals surface area contributed by atoms with Crippen molar-refractivity contribution < 1.29 is 9.13 Å². The van der Waals surface area contributed by atoms with Gasteiger partial charge in [-0.2, -0.15) is 0 Å². The molecule has 2 unspecified atom stereocenters. The van der Waals surface area contributed by atoms with Crippen LogP contribution in [0, 0.1) is 11.7 Å². The maximum absolute atomic E-state index is 13.4. The lowest BCUT2D eigenvalue weighted by atomic mass is 10.1. The average molecular weight is 195 g/mol. The van der Waals surface area contributed by atoms with Crippen LogP contribution in [0.1, 0.15) is 17.9 Å². The Bertz CT molecular complexity index is 340. The van der Waals surface area contributed by atoms with Crippen LogP contribution in [0.5, 0.6) is 5.75 Å². The van der Waals surface area contributed by atoms with Crippen molar-refractivity contribution in [3.8, 4) is 5.75 Å². The van der Waals surface area contributed by atoms with Gasteiger partial charge in [0.05, 0.1) is 7.11 Å². The van der Waals surface area contributed by atoms with Gasteiger partial charge in [-0.25, -0.2) is 4.39 Å². The molecular formula is C11H14FNO. The Kier molecular flexibility index (Phi) is 2.42. The number of nitrogens with two attached hydrogens (primary N) is 1. The van der Waals surface area contributed by atoms with Gasteiger partial charge in [-0.3, -0.25) is 0 Å². The molecule has 1 aliphatic rings. The summed E-state index contributed by atoms with van der Waals surface area (Å²) in [6, 6.07) is 4.87. The summed E-state index contributed by atoms with van der Waals surface area (Å²) in [5.41, 5.74) is 6.28. The van der Waals surface area contributed by atoms with Gasteiger partial charge < -0.3 is 10.5 Å². The highest BCUT2D eigenvalue weighted by atomic mass is 19.1. The van der Waals surface area contributed by atoms with Crippen molar-refractivity contribution in [1.82, 2.24) is 0 Å². The molecule has 2 nitrogen and oxygen atoms in total. The van der Waals surface area contributed by atoms with E-state index in [4.69, 9.17) is 10.5 Å². The molecule has 0 radical (unpaired) electrons. The van der Waals surface area contributed by atoms with E-state index in [9.17, 15) is 4.39 Å². The predicted molar refractivity (Wildman–Crippen MR) is 52.9 cm³/mol. The van der Waals surface area contributed by atoms with Gasteiger partial charge in [-0.1, -0.05) is 0 Å². The first-order chi connectivity index (χ1) is 6.76. The number of methoxy groups -OCH3 is 1. The van der Waals surface area contributed by atoms with E-state index in [1.807, 2.05) is 0 Å². The molecule has 1 fully saturated rings. The summed E-state index contributed by atoms with van der Waals surface area (Å²) >= 11 is 0. The molecule has 1 aromatic carbocycles. The highest BCUT2D eigenvalue weighted by Crippen LogP contribution is 2.48. The standard InChI is InChI=1S/C11H14FNO/c1-14-8-2-3-11(12)10(5-8)9-4-7(9)6-13/h2-3,5,7,9H,4,6,13H2,1H3. The maximum atomic E-state index is 13.4. The van der Waals surface area contributed by atoms with Crippen molar-refractivity contribution in [2.24, 2.45) is 11.7 Å². The molecule has 0 bridgehead atoms. The third kappa shape index (κ3) is 1.60. The Morgan fingerprint density at radius 1 is 1.57 bits per heavy atom. The van der Waals surface area contributed by atoms with E-state index in [-0.39, 0.29) is 5.82 Å². The molecule has 1 aromatic rings. The Morgan fingerprint density at radius 2 is 2.36 bits per heavy atom. The quantitative estimate of drug-likeness (QED) is 0.799. The second-order valence-electron chi connectivity index (χ2n) is 3.73. The van der Waals surface area contributed by atoms with Crippen molar-refractivity contribution in [2.75, 3.05) is 13.7 Å². The van der Waals surface area contributed by atoms with Crippen LogP contribution in [0.25, 0.3) is 0 Å². The predicted octanol–water partition coefficient (Wildman–Crippen LogP) is 1.90. The zero-order chi connectivity index (χ0) is 10.1. The second-order valence-corrected chi connectivity index (χ2v) is 3.73. The van der Waals surface area contributed by atoms with Gasteiger partial charge in [0.2, 0.25) is 0 Å². The molecule has 2 rings (SSSR count). The van der Waals surface area contributed by atoms with Crippen LogP contribution >= 0.6 is 0 Å². The Morgan fingerprint density at radius 3 is 2.93 bits per heavy atom. The summed E-state index contributed by atoms with van der Waals surface area (Å²) in [6.07, 6.45) is 1.00. The fourth-order valence-electron chi connectivity index (χ4n) is 1.82. The van der Waals surface area contributed by atoms with Crippen LogP contribution in [-0.4, -0.2) is 13.7 Å². The molecule has 1 saturated carbocycles. The van der Waals surface area contributed by atoms with Crippen LogP contribution in [0.2, 0.25) is 0 Å². The molecule has 2 atom stereocenters. The minimum absolute atomic E-state index is 0.147. The third-order valence-corrected chi connectivity index (χ3v) is 2.83. The maximum Gasteiger partial charge on any atom is 0.126 e. The fraction of sp³-hybridized carbons (Fsp3) is 0.455. The Labute approximate surface area is 82.9 Å². The van der Waals surface area contributed by atoms with Crippen LogP contribution in [0.3, 0.4) is 0 Å². The number of hydrogen-bond donors (Lipinski definition) is 1. The lowest BCUT2D eigenvalue weighted by Gasteiger charge is -2.05. The van der Waals surface area contributed by atoms with Gasteiger partial charge in [0.1, 0.15) is 11.6 Å². The molecule has 0 amide bonds. The third-order valence-electron chi connectivity index (χ3n) is 2.83. The van der Waals surface area contributed by atoms with E-state index in [1.165, 1.54) is 6.07 Å². The first-order valence-corrected chi connectivity index (χ1v) is 4.79. The minimum atomic E-state index is -0.147. The highest BCUT2D eigenvalue weighted by molar-refractivity contribution is 5.35. The van der Waals surface area contributed by atoms with Crippen LogP contribution in [-0.2, 0) is 0 Å². The van der Waals surface area contributed by atoms with Crippen LogP contribution < -0.4 is 10.5 Å². The van der Waals surface area contributed by atoms with Gasteiger partial charge in [-0.15, -0.1) is 0 Å². The van der Waals surface area contributed by atoms with E-state index < -0.39 is 0 Å². The molecule has 76 valence electrons. The lowest BCUT2D eigenvalue weighted by Crippen LogP contribution is -2.02. The second kappa shape index (κ2) is 3.58. The van der Waals surface area contributed by atoms with Gasteiger partial charge in [0.25, 0.3) is 0 Å². The molecule has 3 heteroatoms. The van der Waals surface area contributed by atoms with E-state index in [1.54, 1.807) is 19.2 Å². The van der Waals surface area contributed by atoms with E-state index in [2.05, 4.69) is 0 Å². The normalized spacial score (nSPS) is 24.8. The SMILES string of the molecule is COc1ccc(F)c(C2CC2CN)c1. The number of halogens is 1. The molecule has 1 aliphatic carbocycles. The monoisotopic (exact) mass is 195 g/mol. The van der Waals surface area contributed by atoms with Crippen molar-refractivity contribution in [3.63, 3.8) is 0 Å². The van der Waals surface area contributed by atoms with Gasteiger partial charge in [0, 0.05) is 0 Å². The molecule has 14 heavy (non-hydrogen) atoms. The van der Waals surface area contributed by atoms with Gasteiger partial charge in [-0.05, 0) is 48.6 Å². The van der Waals surface area contributed by atoms with Crippen LogP contribution in [0.15, 0.2) is 18.2 Å². The van der Waals surface area contributed by atoms with Crippen molar-refractivity contribution in [3.05, 3.63) is 29.6 Å². The lowest BCUT2D eigenvalue weighted by molar-refractivity contribution is 0.412. The largest absolute Gasteiger partial charge is 0.497 e. The summed E-state index contributed by atoms with van der Waals surface area (Å²) in [5.74, 6) is 1.32. The Hall–Kier alpha value is -1.09. The van der Waals surface area contributed by atoms with Crippen molar-refractivity contribution >= 4 is 0 Å². The molecule has 0 spiro atoms. The number of benzene rings is 1. The van der Waals surface area contributed by atoms with Crippen molar-refractivity contribution in [1.29, 1.82) is 0 Å².